The number of nitrogens with zero attached hydrogens (tertiary/aromatic N) is 6. The molecule has 1 saturated heterocycles. The zero-order chi connectivity index (χ0) is 31.7. The summed E-state index contributed by atoms with van der Waals surface area (Å²) in [6, 6.07) is 9.92. The van der Waals surface area contributed by atoms with Crippen molar-refractivity contribution in [1.82, 2.24) is 29.5 Å². The quantitative estimate of drug-likeness (QED) is 0.148. The van der Waals surface area contributed by atoms with Crippen LogP contribution in [0, 0.1) is 5.92 Å². The fourth-order valence-electron chi connectivity index (χ4n) is 6.38. The molecule has 236 valence electrons. The number of hydrogen-bond donors (Lipinski definition) is 1. The molecule has 0 aliphatic carbocycles. The van der Waals surface area contributed by atoms with Crippen molar-refractivity contribution in [2.24, 2.45) is 10.9 Å². The number of benzene rings is 2. The third-order valence-corrected chi connectivity index (χ3v) is 9.66. The highest BCUT2D eigenvalue weighted by atomic mass is 35.5. The number of halogens is 3. The number of piperidine rings is 1. The number of aliphatic imine (C=N–C) groups is 1. The zero-order valence-corrected chi connectivity index (χ0v) is 27.6. The molecule has 2 aliphatic heterocycles. The summed E-state index contributed by atoms with van der Waals surface area (Å²) in [7, 11) is 0. The van der Waals surface area contributed by atoms with E-state index in [1.54, 1.807) is 17.2 Å². The maximum Gasteiger partial charge on any atom is 0.135 e. The van der Waals surface area contributed by atoms with Crippen LogP contribution in [0.25, 0.3) is 22.0 Å². The molecule has 0 saturated carbocycles. The molecule has 4 aromatic rings. The van der Waals surface area contributed by atoms with Gasteiger partial charge >= 0.3 is 0 Å². The van der Waals surface area contributed by atoms with Crippen molar-refractivity contribution in [2.75, 3.05) is 19.6 Å². The van der Waals surface area contributed by atoms with Crippen LogP contribution < -0.4 is 5.32 Å². The van der Waals surface area contributed by atoms with Crippen molar-refractivity contribution >= 4 is 39.9 Å². The van der Waals surface area contributed by atoms with Crippen LogP contribution in [0.3, 0.4) is 0 Å². The Hall–Kier alpha value is -3.46. The van der Waals surface area contributed by atoms with Crippen molar-refractivity contribution < 1.29 is 4.39 Å². The average molecular weight is 649 g/mol. The molecule has 0 amide bonds. The topological polar surface area (TPSA) is 63.3 Å². The lowest BCUT2D eigenvalue weighted by Crippen LogP contribution is -2.34. The zero-order valence-electron chi connectivity index (χ0n) is 26.1. The predicted octanol–water partition coefficient (Wildman–Crippen LogP) is 8.02. The number of hydrogen-bond acceptors (Lipinski definition) is 4. The van der Waals surface area contributed by atoms with Crippen LogP contribution in [0.5, 0.6) is 0 Å². The maximum atomic E-state index is 14.4. The second-order valence-corrected chi connectivity index (χ2v) is 13.1. The van der Waals surface area contributed by atoms with Gasteiger partial charge in [-0.2, -0.15) is 5.10 Å². The number of fused-ring (bicyclic) bond motifs is 2. The Labute approximate surface area is 274 Å². The van der Waals surface area contributed by atoms with Crippen molar-refractivity contribution in [2.45, 2.75) is 65.2 Å². The standard InChI is InChI=1S/C35H40Cl2FN7/c1-5-13-39-24(4)41-23(3)35(34-31-17-27(38)19-44(31)21-40-34)45-20-29-30(36)18-28(32(37)33(29)42-45)26-8-6-25(7-9-26)12-16-43-14-10-22(2)11-15-43/h5-9,13,18,20-22,27,35H,3,10-12,14-17,19H2,1-2,4H3,(H,39,41)/b13-5-/t27-,35?/m1/s1. The van der Waals surface area contributed by atoms with Gasteiger partial charge in [0.2, 0.25) is 0 Å². The second-order valence-electron chi connectivity index (χ2n) is 12.3. The lowest BCUT2D eigenvalue weighted by molar-refractivity contribution is 0.194. The molecule has 4 heterocycles. The van der Waals surface area contributed by atoms with E-state index < -0.39 is 12.2 Å². The average Bonchev–Trinajstić information content (AvgIpc) is 3.74. The first kappa shape index (κ1) is 31.5. The number of allylic oxidation sites excluding steroid dienone is 2. The van der Waals surface area contributed by atoms with Crippen LogP contribution in [-0.4, -0.2) is 55.9 Å². The van der Waals surface area contributed by atoms with E-state index in [-0.39, 0.29) is 13.0 Å². The Bertz CT molecular complexity index is 1750. The minimum absolute atomic E-state index is 0.282. The van der Waals surface area contributed by atoms with Crippen LogP contribution in [0.2, 0.25) is 10.0 Å². The Morgan fingerprint density at radius 3 is 2.71 bits per heavy atom. The SMILES string of the molecule is C=C(N/C(C)=N/C=C\C)C(c1ncn2c1C[C@@H](F)C2)n1cc2c(Cl)cc(-c3ccc(CCN4CCC(C)CC4)cc3)c(Cl)c2n1. The van der Waals surface area contributed by atoms with Gasteiger partial charge in [-0.25, -0.2) is 14.4 Å². The molecule has 2 aliphatic rings. The van der Waals surface area contributed by atoms with Crippen LogP contribution in [0.15, 0.2) is 72.4 Å². The van der Waals surface area contributed by atoms with E-state index >= 15 is 0 Å². The molecule has 0 bridgehead atoms. The molecule has 7 nitrogen and oxygen atoms in total. The summed E-state index contributed by atoms with van der Waals surface area (Å²) in [5, 5.41) is 10.0. The second kappa shape index (κ2) is 13.5. The van der Waals surface area contributed by atoms with E-state index in [0.717, 1.165) is 35.7 Å². The number of alkyl halides is 1. The molecule has 2 aromatic heterocycles. The summed E-state index contributed by atoms with van der Waals surface area (Å²) in [6.07, 6.45) is 10.0. The van der Waals surface area contributed by atoms with Gasteiger partial charge in [0.05, 0.1) is 28.6 Å². The normalized spacial score (nSPS) is 18.6. The molecule has 0 radical (unpaired) electrons. The minimum Gasteiger partial charge on any atom is -0.346 e. The number of nitrogens with one attached hydrogen (secondary N) is 1. The molecule has 0 spiro atoms. The van der Waals surface area contributed by atoms with Gasteiger partial charge in [0.1, 0.15) is 23.6 Å². The van der Waals surface area contributed by atoms with Crippen molar-refractivity contribution in [3.05, 3.63) is 94.4 Å². The molecule has 1 N–H and O–H groups in total. The van der Waals surface area contributed by atoms with Gasteiger partial charge in [0, 0.05) is 47.7 Å². The highest BCUT2D eigenvalue weighted by Crippen LogP contribution is 2.40. The van der Waals surface area contributed by atoms with Crippen molar-refractivity contribution in [3.63, 3.8) is 0 Å². The summed E-state index contributed by atoms with van der Waals surface area (Å²) in [4.78, 5) is 11.6. The van der Waals surface area contributed by atoms with Gasteiger partial charge in [-0.05, 0) is 69.3 Å². The lowest BCUT2D eigenvalue weighted by atomic mass is 9.98. The van der Waals surface area contributed by atoms with Crippen molar-refractivity contribution in [1.29, 1.82) is 0 Å². The number of likely N-dealkylation sites (tertiary alicyclic amines) is 1. The van der Waals surface area contributed by atoms with E-state index in [0.29, 0.717) is 38.2 Å². The summed E-state index contributed by atoms with van der Waals surface area (Å²) < 4.78 is 18.0. The molecular weight excluding hydrogens is 608 g/mol. The predicted molar refractivity (Wildman–Crippen MR) is 183 cm³/mol. The van der Waals surface area contributed by atoms with E-state index in [2.05, 4.69) is 58.0 Å². The van der Waals surface area contributed by atoms with Gasteiger partial charge < -0.3 is 14.8 Å². The molecule has 45 heavy (non-hydrogen) atoms. The minimum atomic E-state index is -0.954. The highest BCUT2D eigenvalue weighted by molar-refractivity contribution is 6.42. The molecule has 2 aromatic carbocycles. The first-order chi connectivity index (χ1) is 21.7. The number of aromatic nitrogens is 4. The van der Waals surface area contributed by atoms with E-state index in [4.69, 9.17) is 28.3 Å². The number of imidazole rings is 1. The van der Waals surface area contributed by atoms with Gasteiger partial charge in [0.15, 0.2) is 0 Å². The monoisotopic (exact) mass is 647 g/mol. The van der Waals surface area contributed by atoms with Gasteiger partial charge in [-0.1, -0.05) is 67.0 Å². The van der Waals surface area contributed by atoms with Gasteiger partial charge in [0.25, 0.3) is 0 Å². The number of rotatable bonds is 9. The first-order valence-electron chi connectivity index (χ1n) is 15.7. The molecule has 1 unspecified atom stereocenters. The van der Waals surface area contributed by atoms with E-state index in [1.807, 2.05) is 36.8 Å². The van der Waals surface area contributed by atoms with Crippen LogP contribution >= 0.6 is 23.2 Å². The molecule has 1 fully saturated rings. The third kappa shape index (κ3) is 6.74. The maximum absolute atomic E-state index is 14.4. The molecular formula is C35H40Cl2FN7. The highest BCUT2D eigenvalue weighted by Gasteiger charge is 2.32. The Morgan fingerprint density at radius 1 is 1.22 bits per heavy atom. The molecule has 6 rings (SSSR count). The van der Waals surface area contributed by atoms with Crippen molar-refractivity contribution in [3.8, 4) is 11.1 Å². The van der Waals surface area contributed by atoms with Gasteiger partial charge in [-0.3, -0.25) is 4.68 Å². The lowest BCUT2D eigenvalue weighted by Gasteiger charge is -2.30. The first-order valence-corrected chi connectivity index (χ1v) is 16.4. The van der Waals surface area contributed by atoms with E-state index in [1.165, 1.54) is 31.5 Å². The Balaban J connectivity index is 1.30. The largest absolute Gasteiger partial charge is 0.346 e. The van der Waals surface area contributed by atoms with Gasteiger partial charge in [-0.15, -0.1) is 0 Å². The van der Waals surface area contributed by atoms with Crippen LogP contribution in [0.1, 0.15) is 56.6 Å². The fraction of sp³-hybridized carbons (Fsp3) is 0.400. The summed E-state index contributed by atoms with van der Waals surface area (Å²) in [6.45, 7) is 14.2. The Morgan fingerprint density at radius 2 is 1.98 bits per heavy atom. The summed E-state index contributed by atoms with van der Waals surface area (Å²) >= 11 is 14.0. The molecule has 10 heteroatoms. The fourth-order valence-corrected chi connectivity index (χ4v) is 6.93. The Kier molecular flexibility index (Phi) is 9.45. The third-order valence-electron chi connectivity index (χ3n) is 8.96. The smallest absolute Gasteiger partial charge is 0.135 e. The van der Waals surface area contributed by atoms with E-state index in [9.17, 15) is 4.39 Å². The molecule has 2 atom stereocenters. The summed E-state index contributed by atoms with van der Waals surface area (Å²) in [5.41, 5.74) is 5.79. The number of amidine groups is 1. The summed E-state index contributed by atoms with van der Waals surface area (Å²) in [5.74, 6) is 1.50. The van der Waals surface area contributed by atoms with Crippen LogP contribution in [-0.2, 0) is 19.4 Å². The van der Waals surface area contributed by atoms with Crippen LogP contribution in [0.4, 0.5) is 4.39 Å².